The van der Waals surface area contributed by atoms with Crippen LogP contribution in [0.15, 0.2) is 17.0 Å². The molecule has 0 saturated heterocycles. The van der Waals surface area contributed by atoms with E-state index in [-0.39, 0.29) is 18.6 Å². The molecule has 0 radical (unpaired) electrons. The summed E-state index contributed by atoms with van der Waals surface area (Å²) in [5, 5.41) is 20.1. The highest BCUT2D eigenvalue weighted by atomic mass is 32.1. The van der Waals surface area contributed by atoms with Crippen LogP contribution in [-0.2, 0) is 22.7 Å². The Labute approximate surface area is 136 Å². The first-order chi connectivity index (χ1) is 11.0. The van der Waals surface area contributed by atoms with Crippen LogP contribution < -0.4 is 9.47 Å². The average Bonchev–Trinajstić information content (AvgIpc) is 3.09. The van der Waals surface area contributed by atoms with E-state index >= 15 is 0 Å². The summed E-state index contributed by atoms with van der Waals surface area (Å²) in [4.78, 5) is 10.6. The van der Waals surface area contributed by atoms with Gasteiger partial charge in [-0.3, -0.25) is 4.79 Å². The van der Waals surface area contributed by atoms with Gasteiger partial charge in [0, 0.05) is 10.8 Å². The van der Waals surface area contributed by atoms with Gasteiger partial charge in [-0.1, -0.05) is 12.1 Å². The molecule has 23 heavy (non-hydrogen) atoms. The molecule has 3 rings (SSSR count). The van der Waals surface area contributed by atoms with E-state index in [1.54, 1.807) is 17.5 Å². The molecule has 3 heterocycles. The van der Waals surface area contributed by atoms with Gasteiger partial charge in [-0.2, -0.15) is 0 Å². The van der Waals surface area contributed by atoms with Crippen LogP contribution in [0.4, 0.5) is 0 Å². The van der Waals surface area contributed by atoms with Gasteiger partial charge < -0.3 is 19.3 Å². The van der Waals surface area contributed by atoms with Crippen molar-refractivity contribution in [3.05, 3.63) is 22.7 Å². The Balaban J connectivity index is 1.49. The van der Waals surface area contributed by atoms with Gasteiger partial charge in [-0.05, 0) is 0 Å². The predicted octanol–water partition coefficient (Wildman–Crippen LogP) is 1.42. The van der Waals surface area contributed by atoms with Crippen molar-refractivity contribution >= 4 is 17.3 Å². The molecule has 0 spiro atoms. The van der Waals surface area contributed by atoms with E-state index < -0.39 is 5.97 Å². The molecule has 1 aliphatic rings. The molecule has 1 aliphatic heterocycles. The molecule has 9 heteroatoms. The van der Waals surface area contributed by atoms with Crippen LogP contribution in [0.2, 0.25) is 0 Å². The molecule has 0 bridgehead atoms. The van der Waals surface area contributed by atoms with Gasteiger partial charge in [0.1, 0.15) is 12.2 Å². The largest absolute Gasteiger partial charge is 0.488 e. The van der Waals surface area contributed by atoms with Gasteiger partial charge in [-0.25, -0.2) is 4.68 Å². The fraction of sp³-hybridized carbons (Fsp3) is 0.500. The number of carbonyl (C=O) groups is 1. The zero-order chi connectivity index (χ0) is 16.3. The lowest BCUT2D eigenvalue weighted by atomic mass is 9.94. The van der Waals surface area contributed by atoms with Crippen molar-refractivity contribution < 1.29 is 24.1 Å². The molecule has 0 fully saturated rings. The summed E-state index contributed by atoms with van der Waals surface area (Å²) in [5.41, 5.74) is 0.317. The fourth-order valence-corrected chi connectivity index (χ4v) is 2.82. The minimum atomic E-state index is -0.963. The standard InChI is InChI=1S/C14H17N3O5S/c1-14(8-21-11-5-23-6-12(11)22-9-14)7-20-4-10-2-17(16-15-10)3-13(18)19/h2,5-6H,3-4,7-9H2,1H3,(H,18,19). The molecule has 2 aromatic rings. The molecule has 0 aliphatic carbocycles. The number of ether oxygens (including phenoxy) is 3. The number of aromatic nitrogens is 3. The Morgan fingerprint density at radius 3 is 2.78 bits per heavy atom. The molecule has 1 N–H and O–H groups in total. The van der Waals surface area contributed by atoms with Crippen LogP contribution in [0.3, 0.4) is 0 Å². The SMILES string of the molecule is CC1(COCc2cn(CC(=O)O)nn2)COc2cscc2OC1. The summed E-state index contributed by atoms with van der Waals surface area (Å²) >= 11 is 1.55. The van der Waals surface area contributed by atoms with Crippen LogP contribution in [0, 0.1) is 5.41 Å². The van der Waals surface area contributed by atoms with Gasteiger partial charge in [0.2, 0.25) is 0 Å². The predicted molar refractivity (Wildman–Crippen MR) is 80.7 cm³/mol. The highest BCUT2D eigenvalue weighted by Gasteiger charge is 2.31. The molecular weight excluding hydrogens is 322 g/mol. The average molecular weight is 339 g/mol. The number of rotatable bonds is 6. The van der Waals surface area contributed by atoms with Crippen LogP contribution >= 0.6 is 11.3 Å². The lowest BCUT2D eigenvalue weighted by Gasteiger charge is -2.25. The molecule has 0 saturated carbocycles. The van der Waals surface area contributed by atoms with Gasteiger partial charge in [0.05, 0.1) is 38.0 Å². The third-order valence-corrected chi connectivity index (χ3v) is 4.03. The van der Waals surface area contributed by atoms with Crippen molar-refractivity contribution in [2.75, 3.05) is 19.8 Å². The second-order valence-corrected chi connectivity index (χ2v) is 6.53. The molecule has 0 aromatic carbocycles. The van der Waals surface area contributed by atoms with Gasteiger partial charge in [0.25, 0.3) is 0 Å². The smallest absolute Gasteiger partial charge is 0.325 e. The van der Waals surface area contributed by atoms with E-state index in [9.17, 15) is 4.79 Å². The Bertz CT molecular complexity index is 661. The van der Waals surface area contributed by atoms with E-state index in [0.29, 0.717) is 25.5 Å². The lowest BCUT2D eigenvalue weighted by molar-refractivity contribution is -0.137. The van der Waals surface area contributed by atoms with Crippen LogP contribution in [0.5, 0.6) is 11.5 Å². The number of thiophene rings is 1. The Hall–Kier alpha value is -2.13. The Morgan fingerprint density at radius 2 is 2.13 bits per heavy atom. The summed E-state index contributed by atoms with van der Waals surface area (Å²) in [5.74, 6) is 0.584. The van der Waals surface area contributed by atoms with E-state index in [4.69, 9.17) is 19.3 Å². The van der Waals surface area contributed by atoms with E-state index in [1.807, 2.05) is 17.7 Å². The van der Waals surface area contributed by atoms with Gasteiger partial charge in [0.15, 0.2) is 11.5 Å². The summed E-state index contributed by atoms with van der Waals surface area (Å²) in [6.45, 7) is 3.52. The number of carboxylic acid groups (broad SMARTS) is 1. The van der Waals surface area contributed by atoms with Crippen molar-refractivity contribution in [3.8, 4) is 11.5 Å². The number of fused-ring (bicyclic) bond motifs is 1. The quantitative estimate of drug-likeness (QED) is 0.850. The van der Waals surface area contributed by atoms with Crippen LogP contribution in [0.1, 0.15) is 12.6 Å². The summed E-state index contributed by atoms with van der Waals surface area (Å²) in [6.07, 6.45) is 1.56. The van der Waals surface area contributed by atoms with E-state index in [2.05, 4.69) is 10.3 Å². The van der Waals surface area contributed by atoms with Gasteiger partial charge in [-0.15, -0.1) is 16.4 Å². The van der Waals surface area contributed by atoms with Crippen LogP contribution in [-0.4, -0.2) is 45.9 Å². The first-order valence-corrected chi connectivity index (χ1v) is 7.99. The normalized spacial score (nSPS) is 16.0. The molecule has 124 valence electrons. The number of aliphatic carboxylic acids is 1. The Kier molecular flexibility index (Phi) is 4.49. The summed E-state index contributed by atoms with van der Waals surface area (Å²) < 4.78 is 18.5. The lowest BCUT2D eigenvalue weighted by Crippen LogP contribution is -2.35. The second-order valence-electron chi connectivity index (χ2n) is 5.78. The molecule has 0 atom stereocenters. The summed E-state index contributed by atoms with van der Waals surface area (Å²) in [7, 11) is 0. The number of carboxylic acids is 1. The maximum absolute atomic E-state index is 10.6. The zero-order valence-corrected chi connectivity index (χ0v) is 13.4. The van der Waals surface area contributed by atoms with Crippen molar-refractivity contribution in [2.45, 2.75) is 20.1 Å². The first kappa shape index (κ1) is 15.8. The highest BCUT2D eigenvalue weighted by molar-refractivity contribution is 7.08. The highest BCUT2D eigenvalue weighted by Crippen LogP contribution is 2.36. The topological polar surface area (TPSA) is 95.7 Å². The molecule has 0 unspecified atom stereocenters. The van der Waals surface area contributed by atoms with Crippen LogP contribution in [0.25, 0.3) is 0 Å². The third-order valence-electron chi connectivity index (χ3n) is 3.33. The monoisotopic (exact) mass is 339 g/mol. The molecular formula is C14H17N3O5S. The first-order valence-electron chi connectivity index (χ1n) is 7.04. The van der Waals surface area contributed by atoms with Crippen molar-refractivity contribution in [2.24, 2.45) is 5.41 Å². The van der Waals surface area contributed by atoms with Crippen molar-refractivity contribution in [3.63, 3.8) is 0 Å². The molecule has 8 nitrogen and oxygen atoms in total. The third kappa shape index (κ3) is 3.99. The minimum absolute atomic E-state index is 0.214. The van der Waals surface area contributed by atoms with Crippen molar-refractivity contribution in [1.82, 2.24) is 15.0 Å². The number of hydrogen-bond acceptors (Lipinski definition) is 7. The maximum Gasteiger partial charge on any atom is 0.325 e. The summed E-state index contributed by atoms with van der Waals surface area (Å²) in [6, 6.07) is 0. The molecule has 2 aromatic heterocycles. The Morgan fingerprint density at radius 1 is 1.43 bits per heavy atom. The zero-order valence-electron chi connectivity index (χ0n) is 12.6. The van der Waals surface area contributed by atoms with E-state index in [1.165, 1.54) is 4.68 Å². The van der Waals surface area contributed by atoms with Gasteiger partial charge >= 0.3 is 5.97 Å². The second kappa shape index (κ2) is 6.55. The van der Waals surface area contributed by atoms with Crippen molar-refractivity contribution in [1.29, 1.82) is 0 Å². The maximum atomic E-state index is 10.6. The van der Waals surface area contributed by atoms with E-state index in [0.717, 1.165) is 11.5 Å². The number of nitrogens with zero attached hydrogens (tertiary/aromatic N) is 3. The fourth-order valence-electron chi connectivity index (χ4n) is 2.14. The molecule has 0 amide bonds. The minimum Gasteiger partial charge on any atom is -0.488 e. The number of hydrogen-bond donors (Lipinski definition) is 1.